The van der Waals surface area contributed by atoms with Gasteiger partial charge >= 0.3 is 0 Å². The first kappa shape index (κ1) is 29.5. The van der Waals surface area contributed by atoms with Crippen LogP contribution in [0.25, 0.3) is 0 Å². The third-order valence-corrected chi connectivity index (χ3v) is 8.12. The molecule has 2 aliphatic rings. The smallest absolute Gasteiger partial charge is 0.242 e. The number of amides is 1. The summed E-state index contributed by atoms with van der Waals surface area (Å²) in [5.41, 5.74) is 7.54. The number of morpholine rings is 1. The monoisotopic (exact) mass is 587 g/mol. The number of rotatable bonds is 8. The van der Waals surface area contributed by atoms with Crippen LogP contribution in [0.1, 0.15) is 41.9 Å². The van der Waals surface area contributed by atoms with E-state index in [1.165, 1.54) is 12.1 Å². The lowest BCUT2D eigenvalue weighted by atomic mass is 9.84. The number of hydrogen-bond acceptors (Lipinski definition) is 5. The van der Waals surface area contributed by atoms with Gasteiger partial charge in [-0.3, -0.25) is 4.79 Å². The second-order valence-corrected chi connectivity index (χ2v) is 11.2. The van der Waals surface area contributed by atoms with Crippen LogP contribution in [0.3, 0.4) is 0 Å². The number of carbonyl (C=O) groups excluding carboxylic acids is 1. The molecule has 2 aliphatic heterocycles. The van der Waals surface area contributed by atoms with E-state index in [4.69, 9.17) is 26.8 Å². The highest BCUT2D eigenvalue weighted by atomic mass is 35.5. The molecule has 2 saturated heterocycles. The maximum Gasteiger partial charge on any atom is 0.242 e. The summed E-state index contributed by atoms with van der Waals surface area (Å²) in [5.74, 6) is -3.56. The Morgan fingerprint density at radius 2 is 1.76 bits per heavy atom. The van der Waals surface area contributed by atoms with Gasteiger partial charge in [-0.2, -0.15) is 0 Å². The molecule has 1 amide bonds. The molecule has 0 radical (unpaired) electrons. The van der Waals surface area contributed by atoms with Gasteiger partial charge < -0.3 is 25.8 Å². The van der Waals surface area contributed by atoms with Crippen molar-refractivity contribution in [3.05, 3.63) is 99.8 Å². The van der Waals surface area contributed by atoms with Gasteiger partial charge in [-0.05, 0) is 60.4 Å². The topological polar surface area (TPSA) is 85.6 Å². The normalized spacial score (nSPS) is 20.0. The Morgan fingerprint density at radius 3 is 2.46 bits per heavy atom. The van der Waals surface area contributed by atoms with Crippen molar-refractivity contribution in [2.75, 3.05) is 31.6 Å². The molecule has 2 heterocycles. The number of nitrogens with two attached hydrogens (primary N) is 1. The summed E-state index contributed by atoms with van der Waals surface area (Å²) in [6, 6.07) is 12.8. The number of benzene rings is 3. The van der Waals surface area contributed by atoms with E-state index < -0.39 is 35.3 Å². The largest absolute Gasteiger partial charge is 0.381 e. The molecule has 6 nitrogen and oxygen atoms in total. The highest BCUT2D eigenvalue weighted by Crippen LogP contribution is 2.32. The molecule has 1 spiro atoms. The van der Waals surface area contributed by atoms with Crippen molar-refractivity contribution in [2.45, 2.75) is 49.3 Å². The van der Waals surface area contributed by atoms with E-state index >= 15 is 4.39 Å². The highest BCUT2D eigenvalue weighted by molar-refractivity contribution is 6.30. The molecule has 0 aliphatic carbocycles. The molecule has 0 bridgehead atoms. The van der Waals surface area contributed by atoms with Gasteiger partial charge in [0, 0.05) is 67.4 Å². The maximum atomic E-state index is 15.1. The Kier molecular flexibility index (Phi) is 9.31. The van der Waals surface area contributed by atoms with Gasteiger partial charge in [0.25, 0.3) is 0 Å². The fourth-order valence-electron chi connectivity index (χ4n) is 5.73. The molecule has 4 N–H and O–H groups in total. The standard InChI is InChI=1S/C31H33ClF3N3O3/c32-21-6-4-19(5-7-21)28(20-14-22(33)16-23(34)15-20)29(36)30(39)38-27-3-1-2-26(35)25(27)9-8-24-17-37-18-31(41-24)10-12-40-13-11-31/h1-7,14-16,24,28-29,37H,8-13,17-18,36H2,(H,38,39)/t24-,28+,29+/m1/s1. The summed E-state index contributed by atoms with van der Waals surface area (Å²) < 4.78 is 55.3. The molecular formula is C31H33ClF3N3O3. The van der Waals surface area contributed by atoms with Crippen molar-refractivity contribution < 1.29 is 27.4 Å². The molecule has 3 aromatic rings. The van der Waals surface area contributed by atoms with E-state index in [1.807, 2.05) is 0 Å². The zero-order valence-electron chi connectivity index (χ0n) is 22.5. The van der Waals surface area contributed by atoms with Crippen molar-refractivity contribution in [1.82, 2.24) is 5.32 Å². The average Bonchev–Trinajstić information content (AvgIpc) is 2.94. The predicted octanol–water partition coefficient (Wildman–Crippen LogP) is 5.33. The average molecular weight is 588 g/mol. The Morgan fingerprint density at radius 1 is 1.05 bits per heavy atom. The van der Waals surface area contributed by atoms with Gasteiger partial charge in [0.05, 0.1) is 17.7 Å². The zero-order chi connectivity index (χ0) is 29.0. The van der Waals surface area contributed by atoms with Crippen LogP contribution in [0.4, 0.5) is 18.9 Å². The van der Waals surface area contributed by atoms with E-state index in [2.05, 4.69) is 10.6 Å². The lowest BCUT2D eigenvalue weighted by Crippen LogP contribution is -2.56. The van der Waals surface area contributed by atoms with Crippen LogP contribution in [0.2, 0.25) is 5.02 Å². The molecule has 2 fully saturated rings. The molecule has 0 aromatic heterocycles. The minimum atomic E-state index is -1.26. The molecule has 0 unspecified atom stereocenters. The van der Waals surface area contributed by atoms with Gasteiger partial charge in [0.2, 0.25) is 5.91 Å². The van der Waals surface area contributed by atoms with Crippen LogP contribution in [0.15, 0.2) is 60.7 Å². The fourth-order valence-corrected chi connectivity index (χ4v) is 5.86. The zero-order valence-corrected chi connectivity index (χ0v) is 23.2. The van der Waals surface area contributed by atoms with Crippen molar-refractivity contribution in [3.63, 3.8) is 0 Å². The van der Waals surface area contributed by atoms with Gasteiger partial charge in [-0.1, -0.05) is 29.8 Å². The van der Waals surface area contributed by atoms with Gasteiger partial charge in [0.1, 0.15) is 17.5 Å². The second kappa shape index (κ2) is 12.9. The third kappa shape index (κ3) is 7.10. The van der Waals surface area contributed by atoms with Gasteiger partial charge in [-0.25, -0.2) is 13.2 Å². The molecule has 10 heteroatoms. The van der Waals surface area contributed by atoms with Gasteiger partial charge in [0.15, 0.2) is 0 Å². The fraction of sp³-hybridized carbons (Fsp3) is 0.387. The van der Waals surface area contributed by atoms with Crippen LogP contribution >= 0.6 is 11.6 Å². The van der Waals surface area contributed by atoms with E-state index in [-0.39, 0.29) is 23.0 Å². The minimum absolute atomic E-state index is 0.121. The van der Waals surface area contributed by atoms with Crippen LogP contribution in [0, 0.1) is 17.5 Å². The van der Waals surface area contributed by atoms with Crippen molar-refractivity contribution in [2.24, 2.45) is 5.73 Å². The van der Waals surface area contributed by atoms with Gasteiger partial charge in [-0.15, -0.1) is 0 Å². The number of ether oxygens (including phenoxy) is 2. The molecule has 41 heavy (non-hydrogen) atoms. The molecular weight excluding hydrogens is 555 g/mol. The van der Waals surface area contributed by atoms with Crippen LogP contribution in [-0.4, -0.2) is 50.0 Å². The molecule has 218 valence electrons. The second-order valence-electron chi connectivity index (χ2n) is 10.7. The molecule has 0 saturated carbocycles. The van der Waals surface area contributed by atoms with Crippen molar-refractivity contribution >= 4 is 23.2 Å². The van der Waals surface area contributed by atoms with Crippen LogP contribution in [0.5, 0.6) is 0 Å². The first-order valence-corrected chi connectivity index (χ1v) is 14.1. The van der Waals surface area contributed by atoms with E-state index in [0.29, 0.717) is 48.7 Å². The van der Waals surface area contributed by atoms with E-state index in [9.17, 15) is 13.6 Å². The summed E-state index contributed by atoms with van der Waals surface area (Å²) in [6.07, 6.45) is 2.36. The van der Waals surface area contributed by atoms with Crippen LogP contribution in [-0.2, 0) is 20.7 Å². The number of anilines is 1. The summed E-state index contributed by atoms with van der Waals surface area (Å²) in [7, 11) is 0. The summed E-state index contributed by atoms with van der Waals surface area (Å²) >= 11 is 6.04. The van der Waals surface area contributed by atoms with Crippen LogP contribution < -0.4 is 16.4 Å². The predicted molar refractivity (Wildman–Crippen MR) is 152 cm³/mol. The lowest BCUT2D eigenvalue weighted by Gasteiger charge is -2.44. The maximum absolute atomic E-state index is 15.1. The highest BCUT2D eigenvalue weighted by Gasteiger charge is 2.38. The van der Waals surface area contributed by atoms with E-state index in [1.54, 1.807) is 30.3 Å². The SMILES string of the molecule is N[C@H](C(=O)Nc1cccc(F)c1CC[C@@H]1CNCC2(CCOCC2)O1)[C@@H](c1ccc(Cl)cc1)c1cc(F)cc(F)c1. The number of halogens is 4. The van der Waals surface area contributed by atoms with E-state index in [0.717, 1.165) is 37.6 Å². The first-order chi connectivity index (χ1) is 19.7. The summed E-state index contributed by atoms with van der Waals surface area (Å²) in [4.78, 5) is 13.5. The Balaban J connectivity index is 1.34. The molecule has 3 aromatic carbocycles. The third-order valence-electron chi connectivity index (χ3n) is 7.87. The van der Waals surface area contributed by atoms with Crippen molar-refractivity contribution in [3.8, 4) is 0 Å². The lowest BCUT2D eigenvalue weighted by molar-refractivity contribution is -0.160. The minimum Gasteiger partial charge on any atom is -0.381 e. The number of hydrogen-bond donors (Lipinski definition) is 3. The first-order valence-electron chi connectivity index (χ1n) is 13.7. The Labute approximate surface area is 242 Å². The quantitative estimate of drug-likeness (QED) is 0.332. The summed E-state index contributed by atoms with van der Waals surface area (Å²) in [5, 5.41) is 6.67. The number of carbonyl (C=O) groups is 1. The Hall–Kier alpha value is -2.95. The molecule has 5 rings (SSSR count). The Bertz CT molecular complexity index is 1340. The number of nitrogens with one attached hydrogen (secondary N) is 2. The summed E-state index contributed by atoms with van der Waals surface area (Å²) in [6.45, 7) is 2.71. The molecule has 3 atom stereocenters. The van der Waals surface area contributed by atoms with Crippen molar-refractivity contribution in [1.29, 1.82) is 0 Å².